The fraction of sp³-hybridized carbons (Fsp3) is 0.500. The van der Waals surface area contributed by atoms with E-state index in [1.54, 1.807) is 0 Å². The number of aryl methyl sites for hydroxylation is 1. The van der Waals surface area contributed by atoms with Gasteiger partial charge in [0.1, 0.15) is 12.4 Å². The van der Waals surface area contributed by atoms with E-state index >= 15 is 0 Å². The lowest BCUT2D eigenvalue weighted by Gasteiger charge is -2.27. The minimum absolute atomic E-state index is 0.321. The molecule has 1 aromatic rings. The Balaban J connectivity index is 2.06. The maximum Gasteiger partial charge on any atom is 0.125 e. The molecule has 110 valence electrons. The Morgan fingerprint density at radius 3 is 3.10 bits per heavy atom. The first kappa shape index (κ1) is 15.7. The summed E-state index contributed by atoms with van der Waals surface area (Å²) in [6.45, 7) is 3.58. The third kappa shape index (κ3) is 4.15. The van der Waals surface area contributed by atoms with Crippen molar-refractivity contribution in [3.8, 4) is 5.75 Å². The predicted octanol–water partition coefficient (Wildman–Crippen LogP) is 4.76. The molecule has 0 saturated carbocycles. The first-order valence-electron chi connectivity index (χ1n) is 7.18. The Hall–Kier alpha value is -0.700. The number of fused-ring (bicyclic) bond motifs is 1. The molecule has 0 saturated heterocycles. The van der Waals surface area contributed by atoms with Crippen LogP contribution in [0.3, 0.4) is 0 Å². The van der Waals surface area contributed by atoms with Gasteiger partial charge >= 0.3 is 0 Å². The first-order chi connectivity index (χ1) is 9.74. The molecule has 0 fully saturated rings. The number of halogens is 2. The third-order valence-corrected chi connectivity index (χ3v) is 4.16. The summed E-state index contributed by atoms with van der Waals surface area (Å²) in [7, 11) is 0. The molecule has 0 bridgehead atoms. The molecule has 0 spiro atoms. The van der Waals surface area contributed by atoms with Crippen LogP contribution in [-0.4, -0.2) is 13.2 Å². The van der Waals surface area contributed by atoms with Crippen LogP contribution in [0.15, 0.2) is 28.8 Å². The summed E-state index contributed by atoms with van der Waals surface area (Å²) >= 11 is 11.4. The smallest absolute Gasteiger partial charge is 0.125 e. The van der Waals surface area contributed by atoms with Gasteiger partial charge in [-0.15, -0.1) is 0 Å². The quantitative estimate of drug-likeness (QED) is 0.817. The van der Waals surface area contributed by atoms with Crippen molar-refractivity contribution in [1.29, 1.82) is 0 Å². The van der Waals surface area contributed by atoms with Crippen molar-refractivity contribution < 1.29 is 4.74 Å². The van der Waals surface area contributed by atoms with Crippen LogP contribution in [0.5, 0.6) is 5.75 Å². The van der Waals surface area contributed by atoms with Crippen LogP contribution in [-0.2, 0) is 6.42 Å². The molecule has 0 radical (unpaired) electrons. The Bertz CT molecular complexity index is 474. The van der Waals surface area contributed by atoms with Gasteiger partial charge in [0.05, 0.1) is 5.03 Å². The highest BCUT2D eigenvalue weighted by Crippen LogP contribution is 2.32. The third-order valence-electron chi connectivity index (χ3n) is 3.56. The van der Waals surface area contributed by atoms with Crippen molar-refractivity contribution in [2.45, 2.75) is 38.6 Å². The van der Waals surface area contributed by atoms with Crippen molar-refractivity contribution in [3.63, 3.8) is 0 Å². The fourth-order valence-corrected chi connectivity index (χ4v) is 2.71. The van der Waals surface area contributed by atoms with E-state index in [2.05, 4.69) is 24.4 Å². The Labute approximate surface area is 131 Å². The van der Waals surface area contributed by atoms with Gasteiger partial charge in [0, 0.05) is 11.6 Å². The molecular weight excluding hydrogens is 293 g/mol. The number of nitrogens with one attached hydrogen (secondary N) is 1. The fourth-order valence-electron chi connectivity index (χ4n) is 2.59. The van der Waals surface area contributed by atoms with Crippen molar-refractivity contribution in [3.05, 3.63) is 39.9 Å². The summed E-state index contributed by atoms with van der Waals surface area (Å²) in [5.74, 6) is 0.858. The molecule has 1 aliphatic carbocycles. The van der Waals surface area contributed by atoms with Gasteiger partial charge in [0.25, 0.3) is 0 Å². The predicted molar refractivity (Wildman–Crippen MR) is 85.7 cm³/mol. The van der Waals surface area contributed by atoms with Crippen molar-refractivity contribution in [2.75, 3.05) is 13.2 Å². The van der Waals surface area contributed by atoms with E-state index in [9.17, 15) is 0 Å². The van der Waals surface area contributed by atoms with E-state index in [0.29, 0.717) is 17.7 Å². The minimum Gasteiger partial charge on any atom is -0.488 e. The molecule has 1 aliphatic rings. The molecule has 4 heteroatoms. The molecule has 1 N–H and O–H groups in total. The lowest BCUT2D eigenvalue weighted by atomic mass is 9.87. The van der Waals surface area contributed by atoms with E-state index in [1.165, 1.54) is 29.5 Å². The van der Waals surface area contributed by atoms with Crippen molar-refractivity contribution in [1.82, 2.24) is 5.32 Å². The van der Waals surface area contributed by atoms with Crippen LogP contribution in [0.25, 0.3) is 0 Å². The molecule has 2 rings (SSSR count). The zero-order valence-corrected chi connectivity index (χ0v) is 13.3. The number of rotatable bonds is 6. The second kappa shape index (κ2) is 7.92. The van der Waals surface area contributed by atoms with Crippen molar-refractivity contribution in [2.24, 2.45) is 0 Å². The van der Waals surface area contributed by atoms with Gasteiger partial charge in [-0.25, -0.2) is 0 Å². The molecule has 1 unspecified atom stereocenters. The van der Waals surface area contributed by atoms with E-state index in [0.717, 1.165) is 25.1 Å². The zero-order valence-electron chi connectivity index (χ0n) is 11.8. The number of ether oxygens (including phenoxy) is 1. The molecule has 0 aromatic heterocycles. The van der Waals surface area contributed by atoms with Crippen molar-refractivity contribution >= 4 is 23.2 Å². The number of hydrogen-bond acceptors (Lipinski definition) is 2. The molecule has 20 heavy (non-hydrogen) atoms. The minimum atomic E-state index is 0.321. The Morgan fingerprint density at radius 1 is 1.50 bits per heavy atom. The number of benzene rings is 1. The molecule has 1 aromatic carbocycles. The van der Waals surface area contributed by atoms with Gasteiger partial charge in [0.15, 0.2) is 0 Å². The largest absolute Gasteiger partial charge is 0.488 e. The monoisotopic (exact) mass is 313 g/mol. The number of hydrogen-bond donors (Lipinski definition) is 1. The summed E-state index contributed by atoms with van der Waals surface area (Å²) in [6, 6.07) is 6.81. The lowest BCUT2D eigenvalue weighted by Crippen LogP contribution is -2.25. The Morgan fingerprint density at radius 2 is 2.35 bits per heavy atom. The lowest BCUT2D eigenvalue weighted by molar-refractivity contribution is 0.357. The molecule has 0 heterocycles. The zero-order chi connectivity index (χ0) is 14.4. The van der Waals surface area contributed by atoms with Crippen LogP contribution in [0.1, 0.15) is 43.4 Å². The molecular formula is C16H21Cl2NO. The molecule has 0 aliphatic heterocycles. The second-order valence-electron chi connectivity index (χ2n) is 5.10. The topological polar surface area (TPSA) is 21.3 Å². The summed E-state index contributed by atoms with van der Waals surface area (Å²) in [6.07, 6.45) is 4.72. The van der Waals surface area contributed by atoms with Crippen LogP contribution < -0.4 is 10.1 Å². The molecule has 1 atom stereocenters. The van der Waals surface area contributed by atoms with Crippen LogP contribution in [0.4, 0.5) is 0 Å². The normalized spacial score (nSPS) is 18.8. The maximum atomic E-state index is 5.83. The van der Waals surface area contributed by atoms with Gasteiger partial charge in [-0.1, -0.05) is 36.2 Å². The summed E-state index contributed by atoms with van der Waals surface area (Å²) < 4.78 is 5.64. The standard InChI is InChI=1S/C16H21Cl2NO/c1-2-8-19-16-5-3-4-12-9-14(6-7-15(12)16)20-11-13(18)10-17/h6-7,9-10,16,19H,2-5,8,11H2,1H3. The summed E-state index contributed by atoms with van der Waals surface area (Å²) in [5.41, 5.74) is 4.13. The average Bonchev–Trinajstić information content (AvgIpc) is 2.50. The van der Waals surface area contributed by atoms with E-state index < -0.39 is 0 Å². The van der Waals surface area contributed by atoms with Crippen LogP contribution >= 0.6 is 23.2 Å². The highest BCUT2D eigenvalue weighted by Gasteiger charge is 2.19. The summed E-state index contributed by atoms with van der Waals surface area (Å²) in [5, 5.41) is 4.12. The van der Waals surface area contributed by atoms with E-state index in [1.807, 2.05) is 6.07 Å². The van der Waals surface area contributed by atoms with Gasteiger partial charge in [-0.2, -0.15) is 0 Å². The first-order valence-corrected chi connectivity index (χ1v) is 7.99. The van der Waals surface area contributed by atoms with Gasteiger partial charge in [0.2, 0.25) is 0 Å². The molecule has 2 nitrogen and oxygen atoms in total. The van der Waals surface area contributed by atoms with Gasteiger partial charge < -0.3 is 10.1 Å². The highest BCUT2D eigenvalue weighted by molar-refractivity contribution is 6.36. The van der Waals surface area contributed by atoms with Crippen LogP contribution in [0, 0.1) is 0 Å². The van der Waals surface area contributed by atoms with Crippen LogP contribution in [0.2, 0.25) is 0 Å². The van der Waals surface area contributed by atoms with E-state index in [-0.39, 0.29) is 0 Å². The van der Waals surface area contributed by atoms with Gasteiger partial charge in [-0.05, 0) is 55.5 Å². The Kier molecular flexibility index (Phi) is 6.21. The highest BCUT2D eigenvalue weighted by atomic mass is 35.5. The molecule has 0 amide bonds. The SMILES string of the molecule is CCCNC1CCCc2cc(OCC(Cl)=CCl)ccc21. The average molecular weight is 314 g/mol. The second-order valence-corrected chi connectivity index (χ2v) is 5.81. The van der Waals surface area contributed by atoms with Gasteiger partial charge in [-0.3, -0.25) is 0 Å². The summed E-state index contributed by atoms with van der Waals surface area (Å²) in [4.78, 5) is 0. The maximum absolute atomic E-state index is 5.83. The van der Waals surface area contributed by atoms with E-state index in [4.69, 9.17) is 27.9 Å².